The van der Waals surface area contributed by atoms with Crippen LogP contribution in [0.15, 0.2) is 48.5 Å². The third-order valence-corrected chi connectivity index (χ3v) is 7.66. The van der Waals surface area contributed by atoms with Crippen molar-refractivity contribution in [2.75, 3.05) is 51.3 Å². The fourth-order valence-electron chi connectivity index (χ4n) is 4.58. The zero-order valence-electron chi connectivity index (χ0n) is 22.1. The lowest BCUT2D eigenvalue weighted by atomic mass is 10.0. The summed E-state index contributed by atoms with van der Waals surface area (Å²) in [6.07, 6.45) is 6.84. The van der Waals surface area contributed by atoms with E-state index in [1.807, 2.05) is 30.3 Å². The molecule has 0 radical (unpaired) electrons. The lowest BCUT2D eigenvalue weighted by Crippen LogP contribution is -2.48. The summed E-state index contributed by atoms with van der Waals surface area (Å²) < 4.78 is 9.89. The van der Waals surface area contributed by atoms with Gasteiger partial charge in [-0.3, -0.25) is 9.69 Å². The summed E-state index contributed by atoms with van der Waals surface area (Å²) in [7, 11) is 1.68. The molecule has 1 fully saturated rings. The van der Waals surface area contributed by atoms with Crippen molar-refractivity contribution in [3.05, 3.63) is 71.0 Å². The molecule has 1 saturated heterocycles. The number of anilines is 1. The molecule has 1 N–H and O–H groups in total. The summed E-state index contributed by atoms with van der Waals surface area (Å²) in [4.78, 5) is 22.0. The molecule has 3 aromatic rings. The van der Waals surface area contributed by atoms with Crippen molar-refractivity contribution in [3.63, 3.8) is 0 Å². The van der Waals surface area contributed by atoms with E-state index < -0.39 is 0 Å². The van der Waals surface area contributed by atoms with Crippen LogP contribution in [-0.4, -0.2) is 66.5 Å². The molecular weight excluding hydrogens is 482 g/mol. The van der Waals surface area contributed by atoms with Crippen molar-refractivity contribution in [2.45, 2.75) is 45.4 Å². The Balaban J connectivity index is 1.15. The average Bonchev–Trinajstić information content (AvgIpc) is 3.40. The summed E-state index contributed by atoms with van der Waals surface area (Å²) in [5, 5.41) is 4.07. The first-order chi connectivity index (χ1) is 18.1. The van der Waals surface area contributed by atoms with Crippen LogP contribution in [0.25, 0.3) is 0 Å². The van der Waals surface area contributed by atoms with Gasteiger partial charge in [0.25, 0.3) is 5.91 Å². The van der Waals surface area contributed by atoms with E-state index in [0.29, 0.717) is 13.0 Å². The predicted octanol–water partition coefficient (Wildman–Crippen LogP) is 4.81. The van der Waals surface area contributed by atoms with Crippen LogP contribution in [-0.2, 0) is 12.8 Å². The van der Waals surface area contributed by atoms with Gasteiger partial charge in [-0.25, -0.2) is 4.98 Å². The molecule has 1 aliphatic heterocycles. The van der Waals surface area contributed by atoms with E-state index in [-0.39, 0.29) is 5.91 Å². The Morgan fingerprint density at radius 1 is 1.03 bits per heavy atom. The van der Waals surface area contributed by atoms with E-state index >= 15 is 0 Å². The first-order valence-electron chi connectivity index (χ1n) is 13.4. The maximum absolute atomic E-state index is 12.5. The van der Waals surface area contributed by atoms with Crippen molar-refractivity contribution >= 4 is 22.6 Å². The van der Waals surface area contributed by atoms with E-state index in [9.17, 15) is 4.79 Å². The molecule has 2 heterocycles. The number of methoxy groups -OCH3 is 1. The SMILES string of the molecule is CCCCCCc1ccc(C(=O)NCCN2CCN(c3nc(Cc4cccc(OC)c4)ns3)CC2)cc1. The van der Waals surface area contributed by atoms with Crippen LogP contribution in [0.4, 0.5) is 5.13 Å². The Kier molecular flexibility index (Phi) is 10.3. The van der Waals surface area contributed by atoms with Crippen LogP contribution in [0.5, 0.6) is 5.75 Å². The summed E-state index contributed by atoms with van der Waals surface area (Å²) in [6, 6.07) is 16.1. The monoisotopic (exact) mass is 521 g/mol. The van der Waals surface area contributed by atoms with Crippen molar-refractivity contribution in [1.29, 1.82) is 0 Å². The van der Waals surface area contributed by atoms with Crippen LogP contribution in [0.3, 0.4) is 0 Å². The highest BCUT2D eigenvalue weighted by atomic mass is 32.1. The standard InChI is InChI=1S/C29H39N5O2S/c1-3-4-5-6-8-23-11-13-25(14-12-23)28(35)30-15-16-33-17-19-34(20-18-33)29-31-27(32-37-29)22-24-9-7-10-26(21-24)36-2/h7,9-14,21H,3-6,8,15-20,22H2,1-2H3,(H,30,35). The number of aryl methyl sites for hydroxylation is 1. The van der Waals surface area contributed by atoms with Crippen molar-refractivity contribution in [2.24, 2.45) is 0 Å². The lowest BCUT2D eigenvalue weighted by Gasteiger charge is -2.34. The molecular formula is C29H39N5O2S. The van der Waals surface area contributed by atoms with Gasteiger partial charge in [0.2, 0.25) is 5.13 Å². The zero-order valence-corrected chi connectivity index (χ0v) is 22.9. The average molecular weight is 522 g/mol. The molecule has 0 unspecified atom stereocenters. The first kappa shape index (κ1) is 27.1. The van der Waals surface area contributed by atoms with Crippen molar-refractivity contribution < 1.29 is 9.53 Å². The second-order valence-corrected chi connectivity index (χ2v) is 10.3. The number of hydrogen-bond donors (Lipinski definition) is 1. The van der Waals surface area contributed by atoms with Gasteiger partial charge >= 0.3 is 0 Å². The third kappa shape index (κ3) is 8.27. The number of aromatic nitrogens is 2. The number of ether oxygens (including phenoxy) is 1. The number of carbonyl (C=O) groups excluding carboxylic acids is 1. The van der Waals surface area contributed by atoms with Gasteiger partial charge < -0.3 is 15.0 Å². The maximum Gasteiger partial charge on any atom is 0.251 e. The van der Waals surface area contributed by atoms with Crippen LogP contribution < -0.4 is 15.0 Å². The highest BCUT2D eigenvalue weighted by molar-refractivity contribution is 7.09. The zero-order chi connectivity index (χ0) is 25.9. The fraction of sp³-hybridized carbons (Fsp3) is 0.483. The summed E-state index contributed by atoms with van der Waals surface area (Å²) in [5.41, 5.74) is 3.20. The largest absolute Gasteiger partial charge is 0.497 e. The first-order valence-corrected chi connectivity index (χ1v) is 14.2. The summed E-state index contributed by atoms with van der Waals surface area (Å²) in [5.74, 6) is 1.71. The number of piperazine rings is 1. The predicted molar refractivity (Wildman–Crippen MR) is 151 cm³/mol. The third-order valence-electron chi connectivity index (χ3n) is 6.85. The molecule has 1 aromatic heterocycles. The Labute approximate surface area is 225 Å². The number of hydrogen-bond acceptors (Lipinski definition) is 7. The van der Waals surface area contributed by atoms with Gasteiger partial charge in [-0.2, -0.15) is 4.37 Å². The molecule has 7 nitrogen and oxygen atoms in total. The maximum atomic E-state index is 12.5. The smallest absolute Gasteiger partial charge is 0.251 e. The van der Waals surface area contributed by atoms with E-state index in [0.717, 1.165) is 67.0 Å². The van der Waals surface area contributed by atoms with Crippen molar-refractivity contribution in [3.8, 4) is 5.75 Å². The van der Waals surface area contributed by atoms with E-state index in [4.69, 9.17) is 9.72 Å². The van der Waals surface area contributed by atoms with Crippen LogP contribution >= 0.6 is 11.5 Å². The van der Waals surface area contributed by atoms with Crippen LogP contribution in [0.1, 0.15) is 59.9 Å². The van der Waals surface area contributed by atoms with Gasteiger partial charge in [0, 0.05) is 62.8 Å². The minimum absolute atomic E-state index is 0.00796. The van der Waals surface area contributed by atoms with Gasteiger partial charge in [-0.15, -0.1) is 0 Å². The molecule has 0 aliphatic carbocycles. The molecule has 2 aromatic carbocycles. The lowest BCUT2D eigenvalue weighted by molar-refractivity contribution is 0.0947. The second-order valence-electron chi connectivity index (χ2n) is 9.61. The fourth-order valence-corrected chi connectivity index (χ4v) is 5.32. The summed E-state index contributed by atoms with van der Waals surface area (Å²) >= 11 is 1.47. The molecule has 0 atom stereocenters. The van der Waals surface area contributed by atoms with Gasteiger partial charge in [0.05, 0.1) is 7.11 Å². The molecule has 0 spiro atoms. The Bertz CT molecular complexity index is 1110. The van der Waals surface area contributed by atoms with Crippen LogP contribution in [0.2, 0.25) is 0 Å². The number of nitrogens with zero attached hydrogens (tertiary/aromatic N) is 4. The Morgan fingerprint density at radius 2 is 1.84 bits per heavy atom. The molecule has 0 bridgehead atoms. The van der Waals surface area contributed by atoms with Crippen molar-refractivity contribution in [1.82, 2.24) is 19.6 Å². The highest BCUT2D eigenvalue weighted by Gasteiger charge is 2.20. The molecule has 4 rings (SSSR count). The quantitative estimate of drug-likeness (QED) is 0.326. The molecule has 1 aliphatic rings. The van der Waals surface area contributed by atoms with Gasteiger partial charge in [-0.1, -0.05) is 50.5 Å². The summed E-state index contributed by atoms with van der Waals surface area (Å²) in [6.45, 7) is 7.48. The second kappa shape index (κ2) is 14.1. The highest BCUT2D eigenvalue weighted by Crippen LogP contribution is 2.21. The van der Waals surface area contributed by atoms with Gasteiger partial charge in [-0.05, 0) is 48.2 Å². The normalized spacial score (nSPS) is 14.1. The Morgan fingerprint density at radius 3 is 2.59 bits per heavy atom. The number of nitrogens with one attached hydrogen (secondary N) is 1. The van der Waals surface area contributed by atoms with Crippen LogP contribution in [0, 0.1) is 0 Å². The number of carbonyl (C=O) groups is 1. The minimum Gasteiger partial charge on any atom is -0.497 e. The van der Waals surface area contributed by atoms with E-state index in [2.05, 4.69) is 44.6 Å². The van der Waals surface area contributed by atoms with Gasteiger partial charge in [0.1, 0.15) is 11.6 Å². The Hall–Kier alpha value is -2.97. The molecule has 37 heavy (non-hydrogen) atoms. The number of rotatable bonds is 13. The molecule has 1 amide bonds. The number of benzene rings is 2. The van der Waals surface area contributed by atoms with Gasteiger partial charge in [0.15, 0.2) is 0 Å². The topological polar surface area (TPSA) is 70.6 Å². The molecule has 198 valence electrons. The molecule has 0 saturated carbocycles. The molecule has 8 heteroatoms. The number of amides is 1. The van der Waals surface area contributed by atoms with E-state index in [1.54, 1.807) is 7.11 Å². The minimum atomic E-state index is 0.00796. The van der Waals surface area contributed by atoms with E-state index in [1.165, 1.54) is 42.8 Å². The number of unbranched alkanes of at least 4 members (excludes halogenated alkanes) is 3.